The number of aromatic nitrogens is 1. The first-order chi connectivity index (χ1) is 12.7. The number of hydrogen-bond acceptors (Lipinski definition) is 5. The first kappa shape index (κ1) is 20.4. The predicted molar refractivity (Wildman–Crippen MR) is 111 cm³/mol. The fraction of sp³-hybridized carbons (Fsp3) is 0.700. The van der Waals surface area contributed by atoms with Crippen molar-refractivity contribution in [1.82, 2.24) is 14.4 Å². The summed E-state index contributed by atoms with van der Waals surface area (Å²) in [6.45, 7) is 6.15. The van der Waals surface area contributed by atoms with Gasteiger partial charge in [-0.2, -0.15) is 11.8 Å². The second-order valence-electron chi connectivity index (χ2n) is 8.71. The third-order valence-corrected chi connectivity index (χ3v) is 7.51. The Balaban J connectivity index is 1.93. The Kier molecular flexibility index (Phi) is 5.75. The number of carbonyl (C=O) groups excluding carboxylic acids is 1. The molecule has 1 aromatic heterocycles. The van der Waals surface area contributed by atoms with E-state index in [9.17, 15) is 9.59 Å². The molecule has 4 atom stereocenters. The monoisotopic (exact) mass is 392 g/mol. The molecule has 3 rings (SSSR count). The fourth-order valence-electron chi connectivity index (χ4n) is 4.45. The fourth-order valence-corrected chi connectivity index (χ4v) is 4.81. The molecule has 0 unspecified atom stereocenters. The van der Waals surface area contributed by atoms with E-state index in [4.69, 9.17) is 5.73 Å². The summed E-state index contributed by atoms with van der Waals surface area (Å²) < 4.78 is 1.67. The highest BCUT2D eigenvalue weighted by molar-refractivity contribution is 8.00. The van der Waals surface area contributed by atoms with Crippen molar-refractivity contribution in [2.75, 3.05) is 40.0 Å². The van der Waals surface area contributed by atoms with Gasteiger partial charge in [0.1, 0.15) is 0 Å². The summed E-state index contributed by atoms with van der Waals surface area (Å²) in [6.07, 6.45) is 3.01. The van der Waals surface area contributed by atoms with Crippen molar-refractivity contribution in [3.63, 3.8) is 0 Å². The van der Waals surface area contributed by atoms with Crippen molar-refractivity contribution >= 4 is 17.7 Å². The van der Waals surface area contributed by atoms with Crippen molar-refractivity contribution in [2.45, 2.75) is 43.0 Å². The molecule has 2 N–H and O–H groups in total. The van der Waals surface area contributed by atoms with Crippen LogP contribution in [0.1, 0.15) is 37.9 Å². The second-order valence-corrected chi connectivity index (χ2v) is 10.2. The molecule has 150 valence electrons. The molecule has 0 spiro atoms. The molecule has 0 aliphatic carbocycles. The Morgan fingerprint density at radius 2 is 2.07 bits per heavy atom. The highest BCUT2D eigenvalue weighted by Gasteiger charge is 2.44. The Morgan fingerprint density at radius 3 is 2.70 bits per heavy atom. The summed E-state index contributed by atoms with van der Waals surface area (Å²) in [7, 11) is 4.06. The molecule has 1 aromatic rings. The zero-order valence-electron chi connectivity index (χ0n) is 17.0. The van der Waals surface area contributed by atoms with Gasteiger partial charge in [-0.25, -0.2) is 0 Å². The average molecular weight is 393 g/mol. The van der Waals surface area contributed by atoms with E-state index in [0.717, 1.165) is 18.7 Å². The molecule has 1 amide bonds. The van der Waals surface area contributed by atoms with E-state index in [1.54, 1.807) is 17.8 Å². The average Bonchev–Trinajstić information content (AvgIpc) is 2.63. The second kappa shape index (κ2) is 7.60. The largest absolute Gasteiger partial charge is 0.340 e. The Labute approximate surface area is 166 Å². The van der Waals surface area contributed by atoms with Crippen molar-refractivity contribution in [2.24, 2.45) is 11.7 Å². The van der Waals surface area contributed by atoms with Crippen LogP contribution < -0.4 is 11.3 Å². The van der Waals surface area contributed by atoms with E-state index < -0.39 is 6.04 Å². The van der Waals surface area contributed by atoms with Gasteiger partial charge in [-0.1, -0.05) is 6.07 Å². The lowest BCUT2D eigenvalue weighted by molar-refractivity contribution is -0.136. The molecule has 1 fully saturated rings. The molecular formula is C20H32N4O2S. The van der Waals surface area contributed by atoms with E-state index in [-0.39, 0.29) is 34.1 Å². The van der Waals surface area contributed by atoms with Crippen molar-refractivity contribution in [3.8, 4) is 0 Å². The molecule has 2 bridgehead atoms. The van der Waals surface area contributed by atoms with Crippen molar-refractivity contribution in [3.05, 3.63) is 34.2 Å². The number of nitrogens with two attached hydrogens (primary N) is 1. The summed E-state index contributed by atoms with van der Waals surface area (Å²) >= 11 is 1.62. The van der Waals surface area contributed by atoms with E-state index >= 15 is 0 Å². The predicted octanol–water partition coefficient (Wildman–Crippen LogP) is 1.37. The van der Waals surface area contributed by atoms with Crippen molar-refractivity contribution < 1.29 is 4.79 Å². The number of thioether (sulfide) groups is 1. The number of pyridine rings is 1. The molecular weight excluding hydrogens is 360 g/mol. The number of carbonyl (C=O) groups is 1. The SMILES string of the molecule is CSC(C)(C)[C@H](N)C(=O)N1C[C@H]2C[C@@H](C1)[C@H](CN(C)C)n1c2cccc1=O. The normalized spacial score (nSPS) is 26.0. The van der Waals surface area contributed by atoms with Crippen LogP contribution in [0.2, 0.25) is 0 Å². The molecule has 0 saturated carbocycles. The van der Waals surface area contributed by atoms with Gasteiger partial charge < -0.3 is 20.1 Å². The van der Waals surface area contributed by atoms with Crippen LogP contribution in [0.4, 0.5) is 0 Å². The number of nitrogens with zero attached hydrogens (tertiary/aromatic N) is 3. The van der Waals surface area contributed by atoms with Gasteiger partial charge in [0.2, 0.25) is 5.91 Å². The quantitative estimate of drug-likeness (QED) is 0.819. The van der Waals surface area contributed by atoms with Crippen LogP contribution in [0.25, 0.3) is 0 Å². The van der Waals surface area contributed by atoms with E-state index in [1.165, 1.54) is 0 Å². The van der Waals surface area contributed by atoms with Gasteiger partial charge >= 0.3 is 0 Å². The molecule has 27 heavy (non-hydrogen) atoms. The maximum Gasteiger partial charge on any atom is 0.251 e. The zero-order valence-corrected chi connectivity index (χ0v) is 17.8. The van der Waals surface area contributed by atoms with Gasteiger partial charge in [0.25, 0.3) is 5.56 Å². The van der Waals surface area contributed by atoms with E-state index in [2.05, 4.69) is 4.90 Å². The number of likely N-dealkylation sites (tertiary alicyclic amines) is 1. The summed E-state index contributed by atoms with van der Waals surface area (Å²) in [5.41, 5.74) is 7.47. The molecule has 3 heterocycles. The standard InChI is InChI=1S/C20H32N4O2S/c1-20(2,27-5)18(21)19(26)23-10-13-9-14(11-23)16(12-22(3)4)24-15(13)7-6-8-17(24)25/h6-8,13-14,16,18H,9-12,21H2,1-5H3/t13-,14+,16+,18-/m1/s1. The van der Waals surface area contributed by atoms with Crippen LogP contribution in [0.15, 0.2) is 23.0 Å². The van der Waals surface area contributed by atoms with Gasteiger partial charge in [0, 0.05) is 42.1 Å². The highest BCUT2D eigenvalue weighted by Crippen LogP contribution is 2.41. The maximum absolute atomic E-state index is 13.2. The molecule has 1 saturated heterocycles. The lowest BCUT2D eigenvalue weighted by atomic mass is 9.78. The summed E-state index contributed by atoms with van der Waals surface area (Å²) in [6, 6.07) is 5.08. The van der Waals surface area contributed by atoms with Gasteiger partial charge in [-0.3, -0.25) is 9.59 Å². The molecule has 2 aliphatic heterocycles. The number of amides is 1. The summed E-state index contributed by atoms with van der Waals surface area (Å²) in [5.74, 6) is 0.497. The smallest absolute Gasteiger partial charge is 0.251 e. The minimum atomic E-state index is -0.531. The zero-order chi connectivity index (χ0) is 19.9. The first-order valence-electron chi connectivity index (χ1n) is 9.61. The first-order valence-corrected chi connectivity index (χ1v) is 10.8. The molecule has 0 aromatic carbocycles. The minimum absolute atomic E-state index is 0.0272. The number of fused-ring (bicyclic) bond motifs is 4. The van der Waals surface area contributed by atoms with Crippen LogP contribution >= 0.6 is 11.8 Å². The van der Waals surface area contributed by atoms with E-state index in [1.807, 2.05) is 55.8 Å². The molecule has 6 nitrogen and oxygen atoms in total. The van der Waals surface area contributed by atoms with Gasteiger partial charge in [-0.05, 0) is 52.6 Å². The lowest BCUT2D eigenvalue weighted by Gasteiger charge is -2.48. The van der Waals surface area contributed by atoms with Gasteiger partial charge in [-0.15, -0.1) is 0 Å². The number of likely N-dealkylation sites (N-methyl/N-ethyl adjacent to an activating group) is 1. The van der Waals surface area contributed by atoms with Crippen LogP contribution in [0.3, 0.4) is 0 Å². The van der Waals surface area contributed by atoms with Crippen LogP contribution in [-0.4, -0.2) is 71.0 Å². The van der Waals surface area contributed by atoms with Crippen molar-refractivity contribution in [1.29, 1.82) is 0 Å². The maximum atomic E-state index is 13.2. The summed E-state index contributed by atoms with van der Waals surface area (Å²) in [5, 5.41) is 0. The summed E-state index contributed by atoms with van der Waals surface area (Å²) in [4.78, 5) is 29.8. The Hall–Kier alpha value is -1.31. The van der Waals surface area contributed by atoms with Crippen LogP contribution in [0, 0.1) is 5.92 Å². The topological polar surface area (TPSA) is 71.6 Å². The van der Waals surface area contributed by atoms with Crippen LogP contribution in [0.5, 0.6) is 0 Å². The molecule has 0 radical (unpaired) electrons. The minimum Gasteiger partial charge on any atom is -0.340 e. The molecule has 7 heteroatoms. The van der Waals surface area contributed by atoms with Gasteiger partial charge in [0.05, 0.1) is 12.1 Å². The third kappa shape index (κ3) is 3.82. The van der Waals surface area contributed by atoms with E-state index in [0.29, 0.717) is 13.1 Å². The Morgan fingerprint density at radius 1 is 1.37 bits per heavy atom. The molecule has 2 aliphatic rings. The van der Waals surface area contributed by atoms with Gasteiger partial charge in [0.15, 0.2) is 0 Å². The lowest BCUT2D eigenvalue weighted by Crippen LogP contribution is -2.58. The number of hydrogen-bond donors (Lipinski definition) is 1. The van der Waals surface area contributed by atoms with Crippen LogP contribution in [-0.2, 0) is 4.79 Å². The number of piperidine rings is 1. The Bertz CT molecular complexity index is 761. The number of rotatable bonds is 5. The highest BCUT2D eigenvalue weighted by atomic mass is 32.2. The third-order valence-electron chi connectivity index (χ3n) is 6.20.